The highest BCUT2D eigenvalue weighted by atomic mass is 32.1. The molecule has 2 aromatic heterocycles. The van der Waals surface area contributed by atoms with E-state index in [0.29, 0.717) is 24.0 Å². The van der Waals surface area contributed by atoms with Crippen LogP contribution in [0.25, 0.3) is 11.6 Å². The first-order valence-electron chi connectivity index (χ1n) is 5.67. The van der Waals surface area contributed by atoms with E-state index < -0.39 is 5.60 Å². The van der Waals surface area contributed by atoms with Gasteiger partial charge in [-0.25, -0.2) is 4.98 Å². The molecule has 0 radical (unpaired) electrons. The lowest BCUT2D eigenvalue weighted by atomic mass is 10.0. The quantitative estimate of drug-likeness (QED) is 0.891. The summed E-state index contributed by atoms with van der Waals surface area (Å²) in [6, 6.07) is 0. The average Bonchev–Trinajstić information content (AvgIpc) is 3.05. The highest BCUT2D eigenvalue weighted by molar-refractivity contribution is 7.09. The average molecular weight is 268 g/mol. The van der Waals surface area contributed by atoms with Crippen molar-refractivity contribution in [1.29, 1.82) is 0 Å². The molecule has 0 aliphatic carbocycles. The molecular weight excluding hydrogens is 252 g/mol. The minimum absolute atomic E-state index is 0.401. The maximum atomic E-state index is 5.52. The van der Waals surface area contributed by atoms with Gasteiger partial charge in [0.15, 0.2) is 0 Å². The Morgan fingerprint density at radius 2 is 2.28 bits per heavy atom. The second-order valence-electron chi connectivity index (χ2n) is 4.04. The number of rotatable bonds is 5. The van der Waals surface area contributed by atoms with Gasteiger partial charge in [-0.3, -0.25) is 0 Å². The van der Waals surface area contributed by atoms with Crippen LogP contribution in [0.2, 0.25) is 0 Å². The van der Waals surface area contributed by atoms with Gasteiger partial charge in [-0.05, 0) is 13.3 Å². The minimum atomic E-state index is -0.533. The predicted molar refractivity (Wildman–Crippen MR) is 67.9 cm³/mol. The second-order valence-corrected chi connectivity index (χ2v) is 4.98. The summed E-state index contributed by atoms with van der Waals surface area (Å²) in [6.07, 6.45) is 0.758. The lowest BCUT2D eigenvalue weighted by Gasteiger charge is -2.21. The number of aromatic nitrogens is 3. The van der Waals surface area contributed by atoms with Crippen molar-refractivity contribution < 1.29 is 9.26 Å². The summed E-state index contributed by atoms with van der Waals surface area (Å²) < 4.78 is 10.6. The summed E-state index contributed by atoms with van der Waals surface area (Å²) >= 11 is 1.48. The molecule has 2 heterocycles. The molecule has 0 spiro atoms. The number of hydrogen-bond donors (Lipinski definition) is 1. The summed E-state index contributed by atoms with van der Waals surface area (Å²) in [5.74, 6) is 0.933. The number of hydrogen-bond acceptors (Lipinski definition) is 7. The van der Waals surface area contributed by atoms with Crippen LogP contribution in [0, 0.1) is 0 Å². The summed E-state index contributed by atoms with van der Waals surface area (Å²) in [5.41, 5.74) is 5.65. The zero-order chi connectivity index (χ0) is 13.2. The molecule has 0 saturated heterocycles. The van der Waals surface area contributed by atoms with Crippen LogP contribution in [0.4, 0.5) is 0 Å². The number of nitrogens with zero attached hydrogens (tertiary/aromatic N) is 3. The third kappa shape index (κ3) is 2.29. The van der Waals surface area contributed by atoms with Crippen molar-refractivity contribution >= 4 is 11.3 Å². The van der Waals surface area contributed by atoms with Crippen molar-refractivity contribution in [2.75, 3.05) is 7.11 Å². The molecule has 6 nitrogen and oxygen atoms in total. The van der Waals surface area contributed by atoms with Crippen LogP contribution in [0.5, 0.6) is 0 Å². The van der Waals surface area contributed by atoms with E-state index in [9.17, 15) is 0 Å². The molecule has 7 heteroatoms. The molecular formula is C11H16N4O2S. The molecule has 0 aliphatic heterocycles. The van der Waals surface area contributed by atoms with E-state index in [2.05, 4.69) is 15.1 Å². The summed E-state index contributed by atoms with van der Waals surface area (Å²) in [4.78, 5) is 8.64. The first kappa shape index (κ1) is 13.1. The Morgan fingerprint density at radius 1 is 1.50 bits per heavy atom. The fraction of sp³-hybridized carbons (Fsp3) is 0.545. The molecule has 98 valence electrons. The highest BCUT2D eigenvalue weighted by Crippen LogP contribution is 2.28. The Balaban J connectivity index is 2.30. The zero-order valence-electron chi connectivity index (χ0n) is 10.6. The number of methoxy groups -OCH3 is 1. The standard InChI is InChI=1S/C11H16N4O2S/c1-4-11(2,16-3)10-14-9(17-15-10)7-6-18-8(5-12)13-7/h6H,4-5,12H2,1-3H3. The third-order valence-electron chi connectivity index (χ3n) is 2.97. The largest absolute Gasteiger partial charge is 0.370 e. The van der Waals surface area contributed by atoms with Crippen molar-refractivity contribution in [3.05, 3.63) is 16.2 Å². The van der Waals surface area contributed by atoms with Crippen LogP contribution in [0.15, 0.2) is 9.90 Å². The number of thiazole rings is 1. The topological polar surface area (TPSA) is 87.1 Å². The Labute approximate surface area is 109 Å². The fourth-order valence-electron chi connectivity index (χ4n) is 1.44. The van der Waals surface area contributed by atoms with Gasteiger partial charge in [-0.1, -0.05) is 12.1 Å². The van der Waals surface area contributed by atoms with E-state index in [1.807, 2.05) is 19.2 Å². The van der Waals surface area contributed by atoms with Gasteiger partial charge in [0, 0.05) is 19.0 Å². The molecule has 2 N–H and O–H groups in total. The molecule has 1 atom stereocenters. The molecule has 0 amide bonds. The first-order chi connectivity index (χ1) is 8.62. The van der Waals surface area contributed by atoms with E-state index in [1.54, 1.807) is 7.11 Å². The molecule has 0 saturated carbocycles. The molecule has 2 aromatic rings. The lowest BCUT2D eigenvalue weighted by molar-refractivity contribution is -0.0106. The highest BCUT2D eigenvalue weighted by Gasteiger charge is 2.30. The van der Waals surface area contributed by atoms with Gasteiger partial charge in [0.2, 0.25) is 5.82 Å². The van der Waals surface area contributed by atoms with Crippen LogP contribution in [0.1, 0.15) is 31.1 Å². The van der Waals surface area contributed by atoms with Crippen LogP contribution in [-0.4, -0.2) is 22.2 Å². The molecule has 0 fully saturated rings. The monoisotopic (exact) mass is 268 g/mol. The van der Waals surface area contributed by atoms with Gasteiger partial charge in [0.05, 0.1) is 0 Å². The summed E-state index contributed by atoms with van der Waals surface area (Å²) in [5, 5.41) is 6.66. The molecule has 2 rings (SSSR count). The van der Waals surface area contributed by atoms with Gasteiger partial charge in [0.25, 0.3) is 5.89 Å². The lowest BCUT2D eigenvalue weighted by Crippen LogP contribution is -2.24. The fourth-order valence-corrected chi connectivity index (χ4v) is 2.09. The van der Waals surface area contributed by atoms with Gasteiger partial charge in [0.1, 0.15) is 16.3 Å². The van der Waals surface area contributed by atoms with Crippen molar-refractivity contribution in [2.24, 2.45) is 5.73 Å². The zero-order valence-corrected chi connectivity index (χ0v) is 11.5. The van der Waals surface area contributed by atoms with Gasteiger partial charge < -0.3 is 15.0 Å². The van der Waals surface area contributed by atoms with E-state index >= 15 is 0 Å². The summed E-state index contributed by atoms with van der Waals surface area (Å²) in [6.45, 7) is 4.35. The third-order valence-corrected chi connectivity index (χ3v) is 3.84. The molecule has 1 unspecified atom stereocenters. The molecule has 0 bridgehead atoms. The van der Waals surface area contributed by atoms with E-state index in [-0.39, 0.29) is 0 Å². The maximum Gasteiger partial charge on any atom is 0.277 e. The number of nitrogens with two attached hydrogens (primary N) is 1. The van der Waals surface area contributed by atoms with E-state index in [1.165, 1.54) is 11.3 Å². The van der Waals surface area contributed by atoms with Crippen LogP contribution >= 0.6 is 11.3 Å². The number of ether oxygens (including phenoxy) is 1. The summed E-state index contributed by atoms with van der Waals surface area (Å²) in [7, 11) is 1.63. The SMILES string of the molecule is CCC(C)(OC)c1noc(-c2csc(CN)n2)n1. The second kappa shape index (κ2) is 5.13. The van der Waals surface area contributed by atoms with Crippen LogP contribution in [-0.2, 0) is 16.9 Å². The molecule has 0 aliphatic rings. The first-order valence-corrected chi connectivity index (χ1v) is 6.55. The van der Waals surface area contributed by atoms with Gasteiger partial charge in [-0.2, -0.15) is 4.98 Å². The Morgan fingerprint density at radius 3 is 2.83 bits per heavy atom. The van der Waals surface area contributed by atoms with E-state index in [4.69, 9.17) is 15.0 Å². The minimum Gasteiger partial charge on any atom is -0.370 e. The van der Waals surface area contributed by atoms with Gasteiger partial charge in [-0.15, -0.1) is 11.3 Å². The van der Waals surface area contributed by atoms with Crippen LogP contribution in [0.3, 0.4) is 0 Å². The Kier molecular flexibility index (Phi) is 3.74. The Bertz CT molecular complexity index is 519. The van der Waals surface area contributed by atoms with E-state index in [0.717, 1.165) is 11.4 Å². The van der Waals surface area contributed by atoms with Crippen LogP contribution < -0.4 is 5.73 Å². The maximum absolute atomic E-state index is 5.52. The van der Waals surface area contributed by atoms with Gasteiger partial charge >= 0.3 is 0 Å². The van der Waals surface area contributed by atoms with Crippen molar-refractivity contribution in [2.45, 2.75) is 32.4 Å². The predicted octanol–water partition coefficient (Wildman–Crippen LogP) is 1.92. The van der Waals surface area contributed by atoms with Crippen molar-refractivity contribution in [3.8, 4) is 11.6 Å². The smallest absolute Gasteiger partial charge is 0.277 e. The normalized spacial score (nSPS) is 14.7. The van der Waals surface area contributed by atoms with Crippen molar-refractivity contribution in [1.82, 2.24) is 15.1 Å². The van der Waals surface area contributed by atoms with Crippen molar-refractivity contribution in [3.63, 3.8) is 0 Å². The Hall–Kier alpha value is -1.31. The molecule has 18 heavy (non-hydrogen) atoms. The molecule has 0 aromatic carbocycles.